The summed E-state index contributed by atoms with van der Waals surface area (Å²) in [6.45, 7) is 4.90. The van der Waals surface area contributed by atoms with Crippen molar-refractivity contribution >= 4 is 21.6 Å². The molecule has 1 aliphatic heterocycles. The number of benzene rings is 1. The highest BCUT2D eigenvalue weighted by Crippen LogP contribution is 2.25. The average Bonchev–Trinajstić information content (AvgIpc) is 3.07. The van der Waals surface area contributed by atoms with Crippen molar-refractivity contribution in [3.05, 3.63) is 41.6 Å². The maximum atomic E-state index is 13.4. The molecule has 2 aromatic rings. The van der Waals surface area contributed by atoms with Crippen LogP contribution < -0.4 is 5.32 Å². The molecule has 2 heterocycles. The number of sulfonamides is 1. The van der Waals surface area contributed by atoms with E-state index in [1.165, 1.54) is 15.2 Å². The van der Waals surface area contributed by atoms with Crippen LogP contribution in [0, 0.1) is 17.6 Å². The van der Waals surface area contributed by atoms with Gasteiger partial charge in [0, 0.05) is 37.6 Å². The third-order valence-corrected chi connectivity index (χ3v) is 6.58. The van der Waals surface area contributed by atoms with Gasteiger partial charge in [0.15, 0.2) is 0 Å². The van der Waals surface area contributed by atoms with Crippen molar-refractivity contribution in [2.24, 2.45) is 5.92 Å². The number of hydrogen-bond donors (Lipinski definition) is 1. The fourth-order valence-corrected chi connectivity index (χ4v) is 4.65. The van der Waals surface area contributed by atoms with Crippen LogP contribution in [0.2, 0.25) is 0 Å². The van der Waals surface area contributed by atoms with Gasteiger partial charge in [-0.1, -0.05) is 6.92 Å². The summed E-state index contributed by atoms with van der Waals surface area (Å²) in [5, 5.41) is 6.07. The Labute approximate surface area is 162 Å². The van der Waals surface area contributed by atoms with E-state index in [0.717, 1.165) is 25.0 Å². The minimum atomic E-state index is -3.97. The number of anilines is 1. The number of carbonyl (C=O) groups is 1. The molecule has 0 saturated carbocycles. The Bertz CT molecular complexity index is 962. The van der Waals surface area contributed by atoms with E-state index in [0.29, 0.717) is 31.6 Å². The van der Waals surface area contributed by atoms with E-state index in [9.17, 15) is 22.0 Å². The Hall–Kier alpha value is -2.33. The predicted molar refractivity (Wildman–Crippen MR) is 99.4 cm³/mol. The first kappa shape index (κ1) is 20.4. The van der Waals surface area contributed by atoms with E-state index >= 15 is 0 Å². The van der Waals surface area contributed by atoms with Crippen LogP contribution in [-0.4, -0.2) is 41.5 Å². The molecule has 1 amide bonds. The van der Waals surface area contributed by atoms with Crippen LogP contribution >= 0.6 is 0 Å². The zero-order chi connectivity index (χ0) is 20.5. The Kier molecular flexibility index (Phi) is 5.80. The fourth-order valence-electron chi connectivity index (χ4n) is 3.08. The molecule has 1 aromatic heterocycles. The summed E-state index contributed by atoms with van der Waals surface area (Å²) in [5.41, 5.74) is -0.271. The van der Waals surface area contributed by atoms with Crippen LogP contribution in [-0.2, 0) is 16.6 Å². The summed E-state index contributed by atoms with van der Waals surface area (Å²) in [4.78, 5) is 12.7. The first-order valence-corrected chi connectivity index (χ1v) is 10.5. The molecule has 0 radical (unpaired) electrons. The van der Waals surface area contributed by atoms with Crippen LogP contribution in [0.5, 0.6) is 0 Å². The summed E-state index contributed by atoms with van der Waals surface area (Å²) in [5.74, 6) is -2.07. The van der Waals surface area contributed by atoms with Gasteiger partial charge in [0.1, 0.15) is 11.6 Å². The lowest BCUT2D eigenvalue weighted by molar-refractivity contribution is 0.102. The molecule has 1 fully saturated rings. The Morgan fingerprint density at radius 1 is 1.21 bits per heavy atom. The molecular formula is C18H22F2N4O3S. The van der Waals surface area contributed by atoms with Gasteiger partial charge in [0.2, 0.25) is 5.03 Å². The number of carbonyl (C=O) groups excluding carboxylic acids is 1. The number of nitrogens with one attached hydrogen (secondary N) is 1. The molecule has 0 aliphatic carbocycles. The molecule has 0 spiro atoms. The normalized spacial score (nSPS) is 16.3. The van der Waals surface area contributed by atoms with Crippen molar-refractivity contribution in [3.63, 3.8) is 0 Å². The van der Waals surface area contributed by atoms with Crippen LogP contribution in [0.4, 0.5) is 14.5 Å². The molecule has 1 aromatic carbocycles. The van der Waals surface area contributed by atoms with E-state index in [2.05, 4.69) is 17.3 Å². The van der Waals surface area contributed by atoms with Gasteiger partial charge in [-0.3, -0.25) is 9.48 Å². The third kappa shape index (κ3) is 4.22. The number of hydrogen-bond acceptors (Lipinski definition) is 4. The van der Waals surface area contributed by atoms with Gasteiger partial charge in [0.05, 0.1) is 5.56 Å². The molecular weight excluding hydrogens is 390 g/mol. The smallest absolute Gasteiger partial charge is 0.263 e. The summed E-state index contributed by atoms with van der Waals surface area (Å²) >= 11 is 0. The number of nitrogens with zero attached hydrogens (tertiary/aromatic N) is 3. The van der Waals surface area contributed by atoms with Crippen molar-refractivity contribution < 1.29 is 22.0 Å². The topological polar surface area (TPSA) is 84.3 Å². The molecule has 1 saturated heterocycles. The average molecular weight is 412 g/mol. The van der Waals surface area contributed by atoms with Crippen molar-refractivity contribution in [1.82, 2.24) is 14.1 Å². The van der Waals surface area contributed by atoms with Gasteiger partial charge in [-0.2, -0.15) is 9.40 Å². The maximum absolute atomic E-state index is 13.4. The molecule has 0 atom stereocenters. The monoisotopic (exact) mass is 412 g/mol. The van der Waals surface area contributed by atoms with Crippen molar-refractivity contribution in [1.29, 1.82) is 0 Å². The number of aryl methyl sites for hydroxylation is 1. The molecule has 28 heavy (non-hydrogen) atoms. The number of halogens is 2. The lowest BCUT2D eigenvalue weighted by Gasteiger charge is -2.28. The lowest BCUT2D eigenvalue weighted by atomic mass is 10.0. The van der Waals surface area contributed by atoms with Crippen LogP contribution in [0.15, 0.2) is 29.4 Å². The van der Waals surface area contributed by atoms with Crippen molar-refractivity contribution in [3.8, 4) is 0 Å². The van der Waals surface area contributed by atoms with Gasteiger partial charge in [0.25, 0.3) is 15.9 Å². The summed E-state index contributed by atoms with van der Waals surface area (Å²) in [6.07, 6.45) is 2.79. The molecule has 1 N–H and O–H groups in total. The minimum absolute atomic E-state index is 0.109. The quantitative estimate of drug-likeness (QED) is 0.819. The standard InChI is InChI=1S/C18H22F2N4O3S/c1-3-23-11-16(17(25)21-15-9-13(19)8-14(20)10-15)18(22-23)28(26,27)24-6-4-12(2)5-7-24/h8-12H,3-7H2,1-2H3,(H,21,25). The number of aromatic nitrogens is 2. The Morgan fingerprint density at radius 3 is 2.39 bits per heavy atom. The second-order valence-corrected chi connectivity index (χ2v) is 8.76. The highest BCUT2D eigenvalue weighted by Gasteiger charge is 2.34. The fraction of sp³-hybridized carbons (Fsp3) is 0.444. The second-order valence-electron chi connectivity index (χ2n) is 6.90. The molecule has 0 bridgehead atoms. The highest BCUT2D eigenvalue weighted by atomic mass is 32.2. The largest absolute Gasteiger partial charge is 0.322 e. The minimum Gasteiger partial charge on any atom is -0.322 e. The summed E-state index contributed by atoms with van der Waals surface area (Å²) < 4.78 is 55.5. The summed E-state index contributed by atoms with van der Waals surface area (Å²) in [6, 6.07) is 2.58. The van der Waals surface area contributed by atoms with Crippen LogP contribution in [0.25, 0.3) is 0 Å². The second kappa shape index (κ2) is 7.96. The van der Waals surface area contributed by atoms with E-state index in [-0.39, 0.29) is 16.3 Å². The van der Waals surface area contributed by atoms with E-state index in [4.69, 9.17) is 0 Å². The van der Waals surface area contributed by atoms with Crippen LogP contribution in [0.1, 0.15) is 37.0 Å². The lowest BCUT2D eigenvalue weighted by Crippen LogP contribution is -2.38. The Morgan fingerprint density at radius 2 is 1.82 bits per heavy atom. The van der Waals surface area contributed by atoms with Gasteiger partial charge < -0.3 is 5.32 Å². The highest BCUT2D eigenvalue weighted by molar-refractivity contribution is 7.89. The third-order valence-electron chi connectivity index (χ3n) is 4.74. The van der Waals surface area contributed by atoms with Crippen molar-refractivity contribution in [2.45, 2.75) is 38.3 Å². The molecule has 1 aliphatic rings. The van der Waals surface area contributed by atoms with Gasteiger partial charge >= 0.3 is 0 Å². The molecule has 152 valence electrons. The Balaban J connectivity index is 1.93. The SMILES string of the molecule is CCn1cc(C(=O)Nc2cc(F)cc(F)c2)c(S(=O)(=O)N2CCC(C)CC2)n1. The number of amides is 1. The van der Waals surface area contributed by atoms with Gasteiger partial charge in [-0.25, -0.2) is 17.2 Å². The van der Waals surface area contributed by atoms with Gasteiger partial charge in [-0.05, 0) is 37.8 Å². The zero-order valence-electron chi connectivity index (χ0n) is 15.7. The molecule has 3 rings (SSSR count). The van der Waals surface area contributed by atoms with Crippen molar-refractivity contribution in [2.75, 3.05) is 18.4 Å². The van der Waals surface area contributed by atoms with E-state index in [1.54, 1.807) is 6.92 Å². The molecule has 10 heteroatoms. The van der Waals surface area contributed by atoms with Crippen LogP contribution in [0.3, 0.4) is 0 Å². The summed E-state index contributed by atoms with van der Waals surface area (Å²) in [7, 11) is -3.97. The maximum Gasteiger partial charge on any atom is 0.263 e. The van der Waals surface area contributed by atoms with E-state index < -0.39 is 27.6 Å². The van der Waals surface area contributed by atoms with E-state index in [1.807, 2.05) is 0 Å². The number of piperidine rings is 1. The van der Waals surface area contributed by atoms with Gasteiger partial charge in [-0.15, -0.1) is 0 Å². The molecule has 7 nitrogen and oxygen atoms in total. The first-order valence-electron chi connectivity index (χ1n) is 9.05. The molecule has 0 unspecified atom stereocenters. The predicted octanol–water partition coefficient (Wildman–Crippen LogP) is 2.85. The first-order chi connectivity index (χ1) is 13.2. The zero-order valence-corrected chi connectivity index (χ0v) is 16.5. The number of rotatable bonds is 5.